The molecule has 3 heteroatoms. The minimum atomic E-state index is -0.559. The third-order valence-corrected chi connectivity index (χ3v) is 4.43. The molecule has 0 spiro atoms. The summed E-state index contributed by atoms with van der Waals surface area (Å²) in [5, 5.41) is 16.2. The number of aryl methyl sites for hydroxylation is 1. The maximum Gasteiger partial charge on any atom is 0.0905 e. The molecule has 1 aromatic heterocycles. The van der Waals surface area contributed by atoms with Gasteiger partial charge in [0.2, 0.25) is 0 Å². The largest absolute Gasteiger partial charge is 0.385 e. The van der Waals surface area contributed by atoms with Crippen LogP contribution in [-0.2, 0) is 5.60 Å². The van der Waals surface area contributed by atoms with Gasteiger partial charge in [-0.05, 0) is 56.2 Å². The molecule has 0 saturated heterocycles. The Morgan fingerprint density at radius 1 is 1.50 bits per heavy atom. The summed E-state index contributed by atoms with van der Waals surface area (Å²) in [6.07, 6.45) is 3.94. The van der Waals surface area contributed by atoms with Gasteiger partial charge in [0.1, 0.15) is 0 Å². The molecule has 0 atom stereocenters. The second kappa shape index (κ2) is 4.86. The van der Waals surface area contributed by atoms with Gasteiger partial charge in [0.15, 0.2) is 0 Å². The second-order valence-electron chi connectivity index (χ2n) is 4.81. The van der Waals surface area contributed by atoms with Crippen molar-refractivity contribution in [3.8, 4) is 0 Å². The van der Waals surface area contributed by atoms with Crippen molar-refractivity contribution in [2.24, 2.45) is 0 Å². The van der Waals surface area contributed by atoms with Gasteiger partial charge in [-0.3, -0.25) is 0 Å². The minimum Gasteiger partial charge on any atom is -0.385 e. The number of hydrogen-bond donors (Lipinski definition) is 2. The van der Waals surface area contributed by atoms with Crippen LogP contribution in [0.15, 0.2) is 11.4 Å². The first kappa shape index (κ1) is 12.1. The minimum absolute atomic E-state index is 0.559. The zero-order valence-corrected chi connectivity index (χ0v) is 10.9. The van der Waals surface area contributed by atoms with Crippen molar-refractivity contribution >= 4 is 11.3 Å². The number of thiophene rings is 1. The number of rotatable bonds is 3. The van der Waals surface area contributed by atoms with Crippen LogP contribution in [0.3, 0.4) is 0 Å². The molecule has 0 bridgehead atoms. The lowest BCUT2D eigenvalue weighted by Gasteiger charge is -2.36. The first-order valence-electron chi connectivity index (χ1n) is 6.15. The predicted molar refractivity (Wildman–Crippen MR) is 68.9 cm³/mol. The summed E-state index contributed by atoms with van der Waals surface area (Å²) in [7, 11) is 0. The van der Waals surface area contributed by atoms with Gasteiger partial charge in [0, 0.05) is 10.9 Å². The van der Waals surface area contributed by atoms with Crippen LogP contribution in [0.1, 0.15) is 43.0 Å². The molecule has 16 heavy (non-hydrogen) atoms. The van der Waals surface area contributed by atoms with E-state index in [1.54, 1.807) is 11.3 Å². The summed E-state index contributed by atoms with van der Waals surface area (Å²) in [4.78, 5) is 1.29. The van der Waals surface area contributed by atoms with Gasteiger partial charge in [-0.25, -0.2) is 0 Å². The SMILES string of the molecule is CCNC1CCC(O)(c2csc(C)c2)CC1. The Bertz CT molecular complexity index is 339. The molecule has 0 unspecified atom stereocenters. The fraction of sp³-hybridized carbons (Fsp3) is 0.692. The Kier molecular flexibility index (Phi) is 3.67. The number of aliphatic hydroxyl groups is 1. The molecular formula is C13H21NOS. The van der Waals surface area contributed by atoms with Crippen LogP contribution in [0.4, 0.5) is 0 Å². The Hall–Kier alpha value is -0.380. The van der Waals surface area contributed by atoms with Gasteiger partial charge in [0.05, 0.1) is 5.60 Å². The molecule has 2 rings (SSSR count). The lowest BCUT2D eigenvalue weighted by molar-refractivity contribution is -0.00780. The fourth-order valence-electron chi connectivity index (χ4n) is 2.56. The average molecular weight is 239 g/mol. The highest BCUT2D eigenvalue weighted by Crippen LogP contribution is 2.38. The summed E-state index contributed by atoms with van der Waals surface area (Å²) in [5.74, 6) is 0. The van der Waals surface area contributed by atoms with E-state index in [-0.39, 0.29) is 0 Å². The molecule has 1 aliphatic rings. The zero-order valence-electron chi connectivity index (χ0n) is 10.1. The van der Waals surface area contributed by atoms with Crippen molar-refractivity contribution in [2.75, 3.05) is 6.54 Å². The molecule has 0 amide bonds. The van der Waals surface area contributed by atoms with Gasteiger partial charge in [0.25, 0.3) is 0 Å². The normalized spacial score (nSPS) is 30.6. The van der Waals surface area contributed by atoms with E-state index in [0.29, 0.717) is 6.04 Å². The van der Waals surface area contributed by atoms with Crippen LogP contribution < -0.4 is 5.32 Å². The van der Waals surface area contributed by atoms with Crippen molar-refractivity contribution in [2.45, 2.75) is 51.2 Å². The third-order valence-electron chi connectivity index (χ3n) is 3.57. The molecular weight excluding hydrogens is 218 g/mol. The van der Waals surface area contributed by atoms with E-state index < -0.39 is 5.60 Å². The van der Waals surface area contributed by atoms with E-state index in [2.05, 4.69) is 30.6 Å². The van der Waals surface area contributed by atoms with Crippen LogP contribution in [-0.4, -0.2) is 17.7 Å². The zero-order chi connectivity index (χ0) is 11.6. The Labute approximate surface area is 102 Å². The van der Waals surface area contributed by atoms with Crippen molar-refractivity contribution in [1.82, 2.24) is 5.32 Å². The third kappa shape index (κ3) is 2.47. The lowest BCUT2D eigenvalue weighted by Crippen LogP contribution is -2.39. The number of hydrogen-bond acceptors (Lipinski definition) is 3. The van der Waals surface area contributed by atoms with Crippen molar-refractivity contribution in [1.29, 1.82) is 0 Å². The molecule has 0 aromatic carbocycles. The highest BCUT2D eigenvalue weighted by molar-refractivity contribution is 7.10. The van der Waals surface area contributed by atoms with Crippen molar-refractivity contribution in [3.05, 3.63) is 21.9 Å². The molecule has 1 heterocycles. The number of nitrogens with one attached hydrogen (secondary N) is 1. The molecule has 0 aliphatic heterocycles. The summed E-state index contributed by atoms with van der Waals surface area (Å²) in [6, 6.07) is 2.74. The van der Waals surface area contributed by atoms with E-state index in [1.165, 1.54) is 4.88 Å². The van der Waals surface area contributed by atoms with Gasteiger partial charge in [-0.2, -0.15) is 0 Å². The van der Waals surface area contributed by atoms with Crippen LogP contribution in [0.2, 0.25) is 0 Å². The van der Waals surface area contributed by atoms with E-state index in [1.807, 2.05) is 0 Å². The monoisotopic (exact) mass is 239 g/mol. The van der Waals surface area contributed by atoms with Crippen LogP contribution in [0, 0.1) is 6.92 Å². The second-order valence-corrected chi connectivity index (χ2v) is 5.92. The standard InChI is InChI=1S/C13H21NOS/c1-3-14-12-4-6-13(15,7-5-12)11-8-10(2)16-9-11/h8-9,12,14-15H,3-7H2,1-2H3. The van der Waals surface area contributed by atoms with Gasteiger partial charge in [-0.15, -0.1) is 11.3 Å². The van der Waals surface area contributed by atoms with E-state index in [9.17, 15) is 5.11 Å². The van der Waals surface area contributed by atoms with Crippen molar-refractivity contribution < 1.29 is 5.11 Å². The molecule has 1 fully saturated rings. The highest BCUT2D eigenvalue weighted by atomic mass is 32.1. The van der Waals surface area contributed by atoms with Gasteiger partial charge >= 0.3 is 0 Å². The smallest absolute Gasteiger partial charge is 0.0905 e. The topological polar surface area (TPSA) is 32.3 Å². The first-order chi connectivity index (χ1) is 7.64. The van der Waals surface area contributed by atoms with Gasteiger partial charge in [-0.1, -0.05) is 6.92 Å². The van der Waals surface area contributed by atoms with E-state index in [0.717, 1.165) is 37.8 Å². The van der Waals surface area contributed by atoms with Crippen LogP contribution >= 0.6 is 11.3 Å². The molecule has 2 N–H and O–H groups in total. The summed E-state index contributed by atoms with van der Waals surface area (Å²) in [5.41, 5.74) is 0.571. The van der Waals surface area contributed by atoms with Crippen molar-refractivity contribution in [3.63, 3.8) is 0 Å². The summed E-state index contributed by atoms with van der Waals surface area (Å²) < 4.78 is 0. The van der Waals surface area contributed by atoms with E-state index in [4.69, 9.17) is 0 Å². The highest BCUT2D eigenvalue weighted by Gasteiger charge is 2.34. The van der Waals surface area contributed by atoms with E-state index >= 15 is 0 Å². The molecule has 1 saturated carbocycles. The Morgan fingerprint density at radius 3 is 2.69 bits per heavy atom. The summed E-state index contributed by atoms with van der Waals surface area (Å²) in [6.45, 7) is 5.27. The molecule has 0 radical (unpaired) electrons. The quantitative estimate of drug-likeness (QED) is 0.850. The maximum absolute atomic E-state index is 10.6. The van der Waals surface area contributed by atoms with Crippen LogP contribution in [0.25, 0.3) is 0 Å². The van der Waals surface area contributed by atoms with Crippen LogP contribution in [0.5, 0.6) is 0 Å². The molecule has 1 aliphatic carbocycles. The molecule has 2 nitrogen and oxygen atoms in total. The Balaban J connectivity index is 2.01. The Morgan fingerprint density at radius 2 is 2.19 bits per heavy atom. The molecule has 1 aromatic rings. The predicted octanol–water partition coefficient (Wildman–Crippen LogP) is 2.80. The van der Waals surface area contributed by atoms with Gasteiger partial charge < -0.3 is 10.4 Å². The summed E-state index contributed by atoms with van der Waals surface area (Å²) >= 11 is 1.73. The first-order valence-corrected chi connectivity index (χ1v) is 7.03. The lowest BCUT2D eigenvalue weighted by atomic mass is 9.78. The average Bonchev–Trinajstić information content (AvgIpc) is 2.70. The molecule has 90 valence electrons. The fourth-order valence-corrected chi connectivity index (χ4v) is 3.36. The maximum atomic E-state index is 10.6.